The lowest BCUT2D eigenvalue weighted by Crippen LogP contribution is -2.27. The summed E-state index contributed by atoms with van der Waals surface area (Å²) in [5.74, 6) is 0.488. The van der Waals surface area contributed by atoms with Crippen molar-refractivity contribution in [2.24, 2.45) is 0 Å². The van der Waals surface area contributed by atoms with E-state index < -0.39 is 0 Å². The molecule has 0 spiro atoms. The van der Waals surface area contributed by atoms with Crippen LogP contribution < -0.4 is 5.32 Å². The van der Waals surface area contributed by atoms with E-state index in [0.29, 0.717) is 17.1 Å². The minimum atomic E-state index is -0.0333. The molecule has 0 aliphatic carbocycles. The van der Waals surface area contributed by atoms with Gasteiger partial charge in [-0.15, -0.1) is 0 Å². The fourth-order valence-electron chi connectivity index (χ4n) is 3.00. The zero-order valence-corrected chi connectivity index (χ0v) is 16.2. The van der Waals surface area contributed by atoms with Crippen LogP contribution in [-0.4, -0.2) is 23.2 Å². The first kappa shape index (κ1) is 19.7. The molecular formula is C23H21N3OS. The Hall–Kier alpha value is -3.10. The highest BCUT2D eigenvalue weighted by atomic mass is 32.2. The molecule has 3 rings (SSSR count). The molecule has 0 aliphatic heterocycles. The average Bonchev–Trinajstić information content (AvgIpc) is 2.76. The molecule has 1 heterocycles. The SMILES string of the molecule is N#Cc1ccnc(SCC(=O)NCCC(c2ccccc2)c2ccccc2)c1. The van der Waals surface area contributed by atoms with Crippen molar-refractivity contribution < 1.29 is 4.79 Å². The standard InChI is InChI=1S/C23H21N3OS/c24-16-18-11-13-26-23(15-18)28-17-22(27)25-14-12-21(19-7-3-1-4-8-19)20-9-5-2-6-10-20/h1-11,13,15,21H,12,14,17H2,(H,25,27). The zero-order chi connectivity index (χ0) is 19.6. The van der Waals surface area contributed by atoms with Crippen LogP contribution in [-0.2, 0) is 4.79 Å². The Kier molecular flexibility index (Phi) is 7.22. The van der Waals surface area contributed by atoms with Crippen LogP contribution in [0.3, 0.4) is 0 Å². The average molecular weight is 388 g/mol. The number of hydrogen-bond donors (Lipinski definition) is 1. The van der Waals surface area contributed by atoms with Gasteiger partial charge in [0.15, 0.2) is 0 Å². The molecule has 0 unspecified atom stereocenters. The number of carbonyl (C=O) groups excluding carboxylic acids is 1. The van der Waals surface area contributed by atoms with Crippen LogP contribution in [0, 0.1) is 11.3 Å². The van der Waals surface area contributed by atoms with Crippen molar-refractivity contribution in [3.05, 3.63) is 95.7 Å². The third-order valence-electron chi connectivity index (χ3n) is 4.37. The molecule has 1 aromatic heterocycles. The van der Waals surface area contributed by atoms with Crippen molar-refractivity contribution >= 4 is 17.7 Å². The van der Waals surface area contributed by atoms with Crippen LogP contribution in [0.4, 0.5) is 0 Å². The molecule has 0 aliphatic rings. The molecule has 2 aromatic carbocycles. The van der Waals surface area contributed by atoms with Crippen molar-refractivity contribution in [1.82, 2.24) is 10.3 Å². The Morgan fingerprint density at radius 1 is 1.04 bits per heavy atom. The van der Waals surface area contributed by atoms with Gasteiger partial charge >= 0.3 is 0 Å². The summed E-state index contributed by atoms with van der Waals surface area (Å²) in [7, 11) is 0. The summed E-state index contributed by atoms with van der Waals surface area (Å²) in [6, 6.07) is 26.1. The molecule has 0 saturated heterocycles. The van der Waals surface area contributed by atoms with Crippen molar-refractivity contribution in [3.63, 3.8) is 0 Å². The van der Waals surface area contributed by atoms with Gasteiger partial charge in [0.05, 0.1) is 22.4 Å². The molecule has 5 heteroatoms. The quantitative estimate of drug-likeness (QED) is 0.583. The van der Waals surface area contributed by atoms with E-state index in [1.807, 2.05) is 36.4 Å². The molecule has 1 amide bonds. The minimum absolute atomic E-state index is 0.0333. The molecule has 28 heavy (non-hydrogen) atoms. The first-order chi connectivity index (χ1) is 13.8. The first-order valence-corrected chi connectivity index (χ1v) is 10.1. The predicted octanol–water partition coefficient (Wildman–Crippen LogP) is 4.38. The minimum Gasteiger partial charge on any atom is -0.355 e. The lowest BCUT2D eigenvalue weighted by atomic mass is 9.88. The number of nitrogens with zero attached hydrogens (tertiary/aromatic N) is 2. The summed E-state index contributed by atoms with van der Waals surface area (Å²) in [6.45, 7) is 0.597. The van der Waals surface area contributed by atoms with E-state index in [9.17, 15) is 4.79 Å². The highest BCUT2D eigenvalue weighted by Gasteiger charge is 2.14. The number of benzene rings is 2. The van der Waals surface area contributed by atoms with Crippen molar-refractivity contribution in [3.8, 4) is 6.07 Å². The molecule has 0 atom stereocenters. The monoisotopic (exact) mass is 387 g/mol. The zero-order valence-electron chi connectivity index (χ0n) is 15.4. The Morgan fingerprint density at radius 3 is 2.29 bits per heavy atom. The van der Waals surface area contributed by atoms with Gasteiger partial charge in [-0.3, -0.25) is 4.79 Å². The van der Waals surface area contributed by atoms with Gasteiger partial charge in [0.1, 0.15) is 0 Å². The van der Waals surface area contributed by atoms with Crippen LogP contribution in [0.15, 0.2) is 84.0 Å². The fourth-order valence-corrected chi connectivity index (χ4v) is 3.73. The summed E-state index contributed by atoms with van der Waals surface area (Å²) >= 11 is 1.34. The molecular weight excluding hydrogens is 366 g/mol. The second-order valence-electron chi connectivity index (χ2n) is 6.30. The van der Waals surface area contributed by atoms with Crippen LogP contribution in [0.1, 0.15) is 29.0 Å². The Labute approximate surface area is 169 Å². The number of carbonyl (C=O) groups is 1. The molecule has 0 radical (unpaired) electrons. The van der Waals surface area contributed by atoms with Crippen LogP contribution >= 0.6 is 11.8 Å². The number of hydrogen-bond acceptors (Lipinski definition) is 4. The summed E-state index contributed by atoms with van der Waals surface area (Å²) in [4.78, 5) is 16.4. The van der Waals surface area contributed by atoms with Crippen molar-refractivity contribution in [1.29, 1.82) is 5.26 Å². The molecule has 0 saturated carbocycles. The van der Waals surface area contributed by atoms with E-state index in [1.54, 1.807) is 18.3 Å². The normalized spacial score (nSPS) is 10.4. The third-order valence-corrected chi connectivity index (χ3v) is 5.30. The molecule has 4 nitrogen and oxygen atoms in total. The number of amides is 1. The maximum atomic E-state index is 12.2. The summed E-state index contributed by atoms with van der Waals surface area (Å²) in [6.07, 6.45) is 2.41. The van der Waals surface area contributed by atoms with Gasteiger partial charge in [-0.1, -0.05) is 72.4 Å². The van der Waals surface area contributed by atoms with Gasteiger partial charge in [-0.05, 0) is 29.7 Å². The fraction of sp³-hybridized carbons (Fsp3) is 0.174. The molecule has 1 N–H and O–H groups in total. The van der Waals surface area contributed by atoms with Gasteiger partial charge in [0.25, 0.3) is 0 Å². The van der Waals surface area contributed by atoms with Crippen LogP contribution in [0.5, 0.6) is 0 Å². The lowest BCUT2D eigenvalue weighted by molar-refractivity contribution is -0.118. The van der Waals surface area contributed by atoms with E-state index >= 15 is 0 Å². The molecule has 140 valence electrons. The van der Waals surface area contributed by atoms with E-state index in [2.05, 4.69) is 40.6 Å². The molecule has 0 bridgehead atoms. The Balaban J connectivity index is 1.54. The second kappa shape index (κ2) is 10.3. The van der Waals surface area contributed by atoms with Crippen molar-refractivity contribution in [2.75, 3.05) is 12.3 Å². The van der Waals surface area contributed by atoms with E-state index in [1.165, 1.54) is 22.9 Å². The van der Waals surface area contributed by atoms with Crippen LogP contribution in [0.25, 0.3) is 0 Å². The maximum Gasteiger partial charge on any atom is 0.230 e. The van der Waals surface area contributed by atoms with E-state index in [-0.39, 0.29) is 17.6 Å². The molecule has 0 fully saturated rings. The number of rotatable bonds is 8. The van der Waals surface area contributed by atoms with E-state index in [4.69, 9.17) is 5.26 Å². The Bertz CT molecular complexity index is 899. The summed E-state index contributed by atoms with van der Waals surface area (Å²) in [5.41, 5.74) is 3.04. The second-order valence-corrected chi connectivity index (χ2v) is 7.29. The summed E-state index contributed by atoms with van der Waals surface area (Å²) < 4.78 is 0. The van der Waals surface area contributed by atoms with Gasteiger partial charge in [-0.2, -0.15) is 5.26 Å². The number of pyridine rings is 1. The molecule has 3 aromatic rings. The van der Waals surface area contributed by atoms with Gasteiger partial charge in [0, 0.05) is 18.7 Å². The van der Waals surface area contributed by atoms with Gasteiger partial charge in [-0.25, -0.2) is 4.98 Å². The van der Waals surface area contributed by atoms with Crippen LogP contribution in [0.2, 0.25) is 0 Å². The third kappa shape index (κ3) is 5.70. The highest BCUT2D eigenvalue weighted by Crippen LogP contribution is 2.27. The first-order valence-electron chi connectivity index (χ1n) is 9.12. The highest BCUT2D eigenvalue weighted by molar-refractivity contribution is 7.99. The van der Waals surface area contributed by atoms with Gasteiger partial charge < -0.3 is 5.32 Å². The largest absolute Gasteiger partial charge is 0.355 e. The number of nitrogens with one attached hydrogen (secondary N) is 1. The predicted molar refractivity (Wildman–Crippen MR) is 112 cm³/mol. The number of nitriles is 1. The number of aromatic nitrogens is 1. The lowest BCUT2D eigenvalue weighted by Gasteiger charge is -2.18. The Morgan fingerprint density at radius 2 is 1.68 bits per heavy atom. The van der Waals surface area contributed by atoms with E-state index in [0.717, 1.165) is 6.42 Å². The maximum absolute atomic E-state index is 12.2. The topological polar surface area (TPSA) is 65.8 Å². The van der Waals surface area contributed by atoms with Crippen molar-refractivity contribution in [2.45, 2.75) is 17.4 Å². The smallest absolute Gasteiger partial charge is 0.230 e. The summed E-state index contributed by atoms with van der Waals surface area (Å²) in [5, 5.41) is 12.6. The van der Waals surface area contributed by atoms with Gasteiger partial charge in [0.2, 0.25) is 5.91 Å². The number of thioether (sulfide) groups is 1.